The van der Waals surface area contributed by atoms with E-state index < -0.39 is 10.0 Å². The van der Waals surface area contributed by atoms with Crippen molar-refractivity contribution in [2.75, 3.05) is 13.1 Å². The van der Waals surface area contributed by atoms with Gasteiger partial charge in [-0.15, -0.1) is 5.10 Å². The number of carbonyl (C=O) groups excluding carboxylic acids is 1. The van der Waals surface area contributed by atoms with Crippen molar-refractivity contribution in [3.05, 3.63) is 35.7 Å². The molecule has 27 heavy (non-hydrogen) atoms. The minimum absolute atomic E-state index is 0.116. The second kappa shape index (κ2) is 8.57. The average molecular weight is 392 g/mol. The molecule has 10 heteroatoms. The van der Waals surface area contributed by atoms with E-state index in [0.29, 0.717) is 25.2 Å². The molecule has 1 atom stereocenters. The number of aryl methyl sites for hydroxylation is 2. The van der Waals surface area contributed by atoms with Gasteiger partial charge in [0.1, 0.15) is 0 Å². The first-order chi connectivity index (χ1) is 13.0. The molecule has 3 rings (SSSR count). The maximum absolute atomic E-state index is 12.5. The Kier molecular flexibility index (Phi) is 6.17. The molecule has 1 aliphatic heterocycles. The summed E-state index contributed by atoms with van der Waals surface area (Å²) in [5.74, 6) is 0.131. The van der Waals surface area contributed by atoms with Crippen molar-refractivity contribution < 1.29 is 13.2 Å². The maximum Gasteiger partial charge on any atom is 0.240 e. The van der Waals surface area contributed by atoms with Crippen LogP contribution in [0.4, 0.5) is 0 Å². The molecule has 146 valence electrons. The normalized spacial score (nSPS) is 17.1. The molecule has 1 amide bonds. The summed E-state index contributed by atoms with van der Waals surface area (Å²) in [5, 5.41) is 14.4. The molecule has 1 aromatic carbocycles. The molecule has 2 aromatic rings. The predicted octanol–water partition coefficient (Wildman–Crippen LogP) is 0.734. The Balaban J connectivity index is 1.45. The van der Waals surface area contributed by atoms with Crippen LogP contribution >= 0.6 is 0 Å². The summed E-state index contributed by atoms with van der Waals surface area (Å²) in [7, 11) is -3.53. The van der Waals surface area contributed by atoms with Gasteiger partial charge in [0.2, 0.25) is 15.9 Å². The number of tetrazole rings is 1. The van der Waals surface area contributed by atoms with E-state index in [-0.39, 0.29) is 23.3 Å². The van der Waals surface area contributed by atoms with Crippen LogP contribution in [0.2, 0.25) is 0 Å². The third-order valence-electron chi connectivity index (χ3n) is 4.58. The van der Waals surface area contributed by atoms with Crippen LogP contribution in [-0.4, -0.2) is 47.6 Å². The van der Waals surface area contributed by atoms with Crippen molar-refractivity contribution in [1.82, 2.24) is 30.2 Å². The van der Waals surface area contributed by atoms with E-state index in [1.54, 1.807) is 28.9 Å². The number of amides is 1. The average Bonchev–Trinajstić information content (AvgIpc) is 3.00. The SMILES string of the molecule is Cc1ccc(S(=O)(=O)NCCCNC(=O)C2CCCCn3nnnc32)cc1. The van der Waals surface area contributed by atoms with Crippen LogP contribution in [0.15, 0.2) is 29.2 Å². The lowest BCUT2D eigenvalue weighted by atomic mass is 10.0. The van der Waals surface area contributed by atoms with Crippen molar-refractivity contribution in [3.8, 4) is 0 Å². The number of nitrogens with zero attached hydrogens (tertiary/aromatic N) is 4. The van der Waals surface area contributed by atoms with Crippen molar-refractivity contribution in [2.45, 2.75) is 50.0 Å². The molecule has 0 saturated carbocycles. The quantitative estimate of drug-likeness (QED) is 0.671. The Morgan fingerprint density at radius 1 is 1.22 bits per heavy atom. The van der Waals surface area contributed by atoms with Gasteiger partial charge in [0.15, 0.2) is 5.82 Å². The third kappa shape index (κ3) is 4.89. The highest BCUT2D eigenvalue weighted by atomic mass is 32.2. The number of benzene rings is 1. The lowest BCUT2D eigenvalue weighted by molar-refractivity contribution is -0.122. The van der Waals surface area contributed by atoms with Gasteiger partial charge in [-0.2, -0.15) is 0 Å². The maximum atomic E-state index is 12.5. The monoisotopic (exact) mass is 392 g/mol. The summed E-state index contributed by atoms with van der Waals surface area (Å²) < 4.78 is 28.7. The Morgan fingerprint density at radius 3 is 2.78 bits per heavy atom. The lowest BCUT2D eigenvalue weighted by Crippen LogP contribution is -2.33. The summed E-state index contributed by atoms with van der Waals surface area (Å²) in [6.07, 6.45) is 3.09. The Morgan fingerprint density at radius 2 is 2.00 bits per heavy atom. The fourth-order valence-corrected chi connectivity index (χ4v) is 4.11. The van der Waals surface area contributed by atoms with Gasteiger partial charge in [-0.05, 0) is 48.7 Å². The highest BCUT2D eigenvalue weighted by Crippen LogP contribution is 2.23. The zero-order valence-electron chi connectivity index (χ0n) is 15.3. The third-order valence-corrected chi connectivity index (χ3v) is 6.05. The number of hydrogen-bond donors (Lipinski definition) is 2. The second-order valence-electron chi connectivity index (χ2n) is 6.66. The van der Waals surface area contributed by atoms with Crippen LogP contribution in [-0.2, 0) is 21.4 Å². The number of hydrogen-bond acceptors (Lipinski definition) is 6. The van der Waals surface area contributed by atoms with E-state index in [0.717, 1.165) is 24.9 Å². The highest BCUT2D eigenvalue weighted by Gasteiger charge is 2.28. The molecular formula is C17H24N6O3S. The zero-order valence-corrected chi connectivity index (χ0v) is 16.1. The van der Waals surface area contributed by atoms with Gasteiger partial charge in [0, 0.05) is 19.6 Å². The summed E-state index contributed by atoms with van der Waals surface area (Å²) in [6, 6.07) is 6.68. The molecule has 2 N–H and O–H groups in total. The smallest absolute Gasteiger partial charge is 0.240 e. The minimum Gasteiger partial charge on any atom is -0.355 e. The van der Waals surface area contributed by atoms with Gasteiger partial charge >= 0.3 is 0 Å². The predicted molar refractivity (Wildman–Crippen MR) is 98.4 cm³/mol. The fraction of sp³-hybridized carbons (Fsp3) is 0.529. The second-order valence-corrected chi connectivity index (χ2v) is 8.43. The molecule has 1 unspecified atom stereocenters. The zero-order chi connectivity index (χ0) is 19.3. The van der Waals surface area contributed by atoms with E-state index in [2.05, 4.69) is 25.6 Å². The highest BCUT2D eigenvalue weighted by molar-refractivity contribution is 7.89. The standard InChI is InChI=1S/C17H24N6O3S/c1-13-6-8-14(9-7-13)27(25,26)19-11-4-10-18-17(24)15-5-2-3-12-23-16(15)20-21-22-23/h6-9,15,19H,2-5,10-12H2,1H3,(H,18,24). The Hall–Kier alpha value is -2.33. The topological polar surface area (TPSA) is 119 Å². The minimum atomic E-state index is -3.53. The number of carbonyl (C=O) groups is 1. The number of rotatable bonds is 7. The van der Waals surface area contributed by atoms with Crippen molar-refractivity contribution >= 4 is 15.9 Å². The number of sulfonamides is 1. The van der Waals surface area contributed by atoms with Crippen molar-refractivity contribution in [3.63, 3.8) is 0 Å². The number of fused-ring (bicyclic) bond motifs is 1. The first kappa shape index (κ1) is 19.4. The molecule has 0 spiro atoms. The van der Waals surface area contributed by atoms with Gasteiger partial charge in [-0.1, -0.05) is 24.1 Å². The van der Waals surface area contributed by atoms with E-state index in [1.165, 1.54) is 0 Å². The van der Waals surface area contributed by atoms with Crippen molar-refractivity contribution in [2.24, 2.45) is 0 Å². The summed E-state index contributed by atoms with van der Waals surface area (Å²) >= 11 is 0. The summed E-state index contributed by atoms with van der Waals surface area (Å²) in [5.41, 5.74) is 1.00. The van der Waals surface area contributed by atoms with Gasteiger partial charge in [0.25, 0.3) is 0 Å². The number of nitrogens with one attached hydrogen (secondary N) is 2. The summed E-state index contributed by atoms with van der Waals surface area (Å²) in [4.78, 5) is 12.7. The largest absolute Gasteiger partial charge is 0.355 e. The Bertz CT molecular complexity index is 878. The Labute approximate surface area is 158 Å². The fourth-order valence-electron chi connectivity index (χ4n) is 3.04. The van der Waals surface area contributed by atoms with Crippen molar-refractivity contribution in [1.29, 1.82) is 0 Å². The van der Waals surface area contributed by atoms with Gasteiger partial charge in [-0.3, -0.25) is 4.79 Å². The first-order valence-corrected chi connectivity index (χ1v) is 10.6. The molecule has 0 saturated heterocycles. The van der Waals surface area contributed by atoms with E-state index in [9.17, 15) is 13.2 Å². The van der Waals surface area contributed by atoms with Gasteiger partial charge in [-0.25, -0.2) is 17.8 Å². The molecule has 0 bridgehead atoms. The van der Waals surface area contributed by atoms with Gasteiger partial charge in [0.05, 0.1) is 10.8 Å². The van der Waals surface area contributed by atoms with Crippen LogP contribution in [0, 0.1) is 6.92 Å². The van der Waals surface area contributed by atoms with Crippen LogP contribution in [0.5, 0.6) is 0 Å². The lowest BCUT2D eigenvalue weighted by Gasteiger charge is -2.13. The first-order valence-electron chi connectivity index (χ1n) is 9.07. The molecule has 1 aliphatic rings. The van der Waals surface area contributed by atoms with E-state index in [4.69, 9.17) is 0 Å². The van der Waals surface area contributed by atoms with Crippen LogP contribution in [0.3, 0.4) is 0 Å². The van der Waals surface area contributed by atoms with Gasteiger partial charge < -0.3 is 5.32 Å². The van der Waals surface area contributed by atoms with E-state index >= 15 is 0 Å². The molecule has 0 fully saturated rings. The van der Waals surface area contributed by atoms with Crippen LogP contribution in [0.1, 0.15) is 43.0 Å². The van der Waals surface area contributed by atoms with Crippen LogP contribution < -0.4 is 10.0 Å². The molecule has 9 nitrogen and oxygen atoms in total. The molecule has 2 heterocycles. The van der Waals surface area contributed by atoms with Crippen LogP contribution in [0.25, 0.3) is 0 Å². The summed E-state index contributed by atoms with van der Waals surface area (Å²) in [6.45, 7) is 3.26. The molecule has 0 radical (unpaired) electrons. The molecule has 0 aliphatic carbocycles. The number of aromatic nitrogens is 4. The molecule has 1 aromatic heterocycles. The molecular weight excluding hydrogens is 368 g/mol. The van der Waals surface area contributed by atoms with E-state index in [1.807, 2.05) is 6.92 Å².